The van der Waals surface area contributed by atoms with Gasteiger partial charge in [-0.3, -0.25) is 14.5 Å². The Bertz CT molecular complexity index is 1240. The third-order valence-corrected chi connectivity index (χ3v) is 6.61. The van der Waals surface area contributed by atoms with Crippen molar-refractivity contribution in [1.29, 1.82) is 0 Å². The molecule has 1 amide bonds. The van der Waals surface area contributed by atoms with Crippen LogP contribution >= 0.6 is 0 Å². The number of hydrogen-bond donors (Lipinski definition) is 1. The maximum atomic E-state index is 13.7. The van der Waals surface area contributed by atoms with Gasteiger partial charge < -0.3 is 23.9 Å². The van der Waals surface area contributed by atoms with Gasteiger partial charge in [-0.15, -0.1) is 0 Å². The van der Waals surface area contributed by atoms with Crippen molar-refractivity contribution < 1.29 is 28.6 Å². The number of morpholine rings is 1. The molecule has 0 spiro atoms. The van der Waals surface area contributed by atoms with Crippen LogP contribution in [-0.2, 0) is 9.53 Å². The second kappa shape index (κ2) is 9.93. The van der Waals surface area contributed by atoms with Crippen LogP contribution in [-0.4, -0.2) is 73.1 Å². The summed E-state index contributed by atoms with van der Waals surface area (Å²) >= 11 is 0. The number of ketones is 1. The second-order valence-electron chi connectivity index (χ2n) is 8.69. The molecule has 182 valence electrons. The monoisotopic (exact) mass is 476 g/mol. The summed E-state index contributed by atoms with van der Waals surface area (Å²) < 4.78 is 16.8. The Kier molecular flexibility index (Phi) is 6.57. The van der Waals surface area contributed by atoms with Crippen molar-refractivity contribution in [1.82, 2.24) is 9.80 Å². The summed E-state index contributed by atoms with van der Waals surface area (Å²) in [6.45, 7) is 4.27. The number of Topliss-reactive ketones (excluding diaryl/α,β-unsaturated/α-hetero) is 1. The van der Waals surface area contributed by atoms with Crippen LogP contribution in [0.3, 0.4) is 0 Å². The molecule has 0 unspecified atom stereocenters. The molecule has 2 aliphatic heterocycles. The Hall–Kier alpha value is -3.62. The second-order valence-corrected chi connectivity index (χ2v) is 8.69. The number of methoxy groups -OCH3 is 1. The lowest BCUT2D eigenvalue weighted by Gasteiger charge is -2.30. The van der Waals surface area contributed by atoms with Crippen LogP contribution in [0.25, 0.3) is 11.0 Å². The number of benzene rings is 2. The molecule has 0 radical (unpaired) electrons. The number of carbonyl (C=O) groups excluding carboxylic acids is 2. The maximum Gasteiger partial charge on any atom is 0.290 e. The first kappa shape index (κ1) is 23.1. The average Bonchev–Trinajstić information content (AvgIpc) is 3.44. The largest absolute Gasteiger partial charge is 0.503 e. The zero-order valence-corrected chi connectivity index (χ0v) is 19.6. The highest BCUT2D eigenvalue weighted by atomic mass is 16.5. The van der Waals surface area contributed by atoms with Crippen LogP contribution in [0.1, 0.15) is 28.6 Å². The molecule has 8 nitrogen and oxygen atoms in total. The van der Waals surface area contributed by atoms with Gasteiger partial charge >= 0.3 is 0 Å². The number of ether oxygens (including phenoxy) is 2. The van der Waals surface area contributed by atoms with Crippen LogP contribution in [0.5, 0.6) is 5.75 Å². The Labute approximate surface area is 203 Å². The summed E-state index contributed by atoms with van der Waals surface area (Å²) in [6.07, 6.45) is 0.691. The van der Waals surface area contributed by atoms with Crippen molar-refractivity contribution in [3.8, 4) is 5.75 Å². The predicted molar refractivity (Wildman–Crippen MR) is 130 cm³/mol. The van der Waals surface area contributed by atoms with Gasteiger partial charge in [-0.2, -0.15) is 0 Å². The third-order valence-electron chi connectivity index (χ3n) is 6.61. The summed E-state index contributed by atoms with van der Waals surface area (Å²) in [5, 5.41) is 11.7. The molecule has 1 fully saturated rings. The number of nitrogens with zero attached hydrogens (tertiary/aromatic N) is 2. The van der Waals surface area contributed by atoms with E-state index in [-0.39, 0.29) is 11.3 Å². The topological polar surface area (TPSA) is 92.5 Å². The number of rotatable bonds is 8. The first-order chi connectivity index (χ1) is 17.1. The summed E-state index contributed by atoms with van der Waals surface area (Å²) in [5.41, 5.74) is 1.21. The Morgan fingerprint density at radius 1 is 1.09 bits per heavy atom. The summed E-state index contributed by atoms with van der Waals surface area (Å²) in [7, 11) is 1.54. The number of aliphatic hydroxyl groups excluding tert-OH is 1. The van der Waals surface area contributed by atoms with E-state index in [1.165, 1.54) is 0 Å². The van der Waals surface area contributed by atoms with E-state index >= 15 is 0 Å². The fourth-order valence-electron chi connectivity index (χ4n) is 4.85. The molecule has 1 saturated heterocycles. The third kappa shape index (κ3) is 4.42. The Balaban J connectivity index is 1.48. The van der Waals surface area contributed by atoms with E-state index in [1.807, 2.05) is 36.4 Å². The number of carbonyl (C=O) groups is 2. The van der Waals surface area contributed by atoms with Crippen molar-refractivity contribution in [2.75, 3.05) is 46.5 Å². The van der Waals surface area contributed by atoms with Gasteiger partial charge in [0.15, 0.2) is 11.5 Å². The number of furan rings is 1. The highest BCUT2D eigenvalue weighted by Gasteiger charge is 2.45. The fourth-order valence-corrected chi connectivity index (χ4v) is 4.85. The van der Waals surface area contributed by atoms with Crippen LogP contribution in [0, 0.1) is 0 Å². The van der Waals surface area contributed by atoms with Crippen molar-refractivity contribution in [2.45, 2.75) is 12.5 Å². The Morgan fingerprint density at radius 2 is 1.83 bits per heavy atom. The highest BCUT2D eigenvalue weighted by Crippen LogP contribution is 2.42. The molecule has 0 aliphatic carbocycles. The molecule has 35 heavy (non-hydrogen) atoms. The number of para-hydroxylation sites is 2. The van der Waals surface area contributed by atoms with E-state index in [1.54, 1.807) is 30.2 Å². The SMILES string of the molecule is COc1ccccc1[C@H]1C(C(=O)c2cc3ccccc3o2)=C(O)C(=O)N1CCCN1CCOCC1. The molecular formula is C27H28N2O6. The molecule has 8 heteroatoms. The normalized spacial score (nSPS) is 19.1. The molecule has 0 bridgehead atoms. The van der Waals surface area contributed by atoms with Gasteiger partial charge in [0.1, 0.15) is 11.3 Å². The standard InChI is InChI=1S/C27H28N2O6/c1-33-21-10-5-3-8-19(21)24-23(25(30)22-17-18-7-2-4-9-20(18)35-22)26(31)27(32)29(24)12-6-11-28-13-15-34-16-14-28/h2-5,7-10,17,24,31H,6,11-16H2,1H3/t24-/m0/s1. The minimum absolute atomic E-state index is 0.00456. The smallest absolute Gasteiger partial charge is 0.290 e. The number of fused-ring (bicyclic) bond motifs is 1. The fraction of sp³-hybridized carbons (Fsp3) is 0.333. The lowest BCUT2D eigenvalue weighted by Crippen LogP contribution is -2.39. The molecule has 5 rings (SSSR count). The van der Waals surface area contributed by atoms with Gasteiger partial charge in [-0.1, -0.05) is 36.4 Å². The van der Waals surface area contributed by atoms with Crippen LogP contribution < -0.4 is 4.74 Å². The van der Waals surface area contributed by atoms with Crippen molar-refractivity contribution in [3.63, 3.8) is 0 Å². The quantitative estimate of drug-likeness (QED) is 0.495. The van der Waals surface area contributed by atoms with E-state index < -0.39 is 23.5 Å². The van der Waals surface area contributed by atoms with Gasteiger partial charge in [0.05, 0.1) is 31.9 Å². The lowest BCUT2D eigenvalue weighted by atomic mass is 9.94. The summed E-state index contributed by atoms with van der Waals surface area (Å²) in [6, 6.07) is 15.4. The van der Waals surface area contributed by atoms with Crippen molar-refractivity contribution in [2.24, 2.45) is 0 Å². The number of aliphatic hydroxyl groups is 1. The van der Waals surface area contributed by atoms with Crippen molar-refractivity contribution in [3.05, 3.63) is 77.3 Å². The molecule has 3 heterocycles. The minimum Gasteiger partial charge on any atom is -0.503 e. The van der Waals surface area contributed by atoms with E-state index in [0.29, 0.717) is 43.1 Å². The molecule has 1 N–H and O–H groups in total. The predicted octanol–water partition coefficient (Wildman–Crippen LogP) is 3.74. The van der Waals surface area contributed by atoms with Gasteiger partial charge in [0.25, 0.3) is 5.91 Å². The number of hydrogen-bond acceptors (Lipinski definition) is 7. The van der Waals surface area contributed by atoms with E-state index in [2.05, 4.69) is 4.90 Å². The molecule has 0 saturated carbocycles. The zero-order valence-electron chi connectivity index (χ0n) is 19.6. The van der Waals surface area contributed by atoms with E-state index in [0.717, 1.165) is 25.0 Å². The summed E-state index contributed by atoms with van der Waals surface area (Å²) in [4.78, 5) is 30.8. The molecule has 1 aromatic heterocycles. The molecule has 3 aromatic rings. The highest BCUT2D eigenvalue weighted by molar-refractivity contribution is 6.16. The number of amides is 1. The van der Waals surface area contributed by atoms with Crippen LogP contribution in [0.15, 0.2) is 70.3 Å². The Morgan fingerprint density at radius 3 is 2.60 bits per heavy atom. The van der Waals surface area contributed by atoms with Gasteiger partial charge in [0, 0.05) is 37.1 Å². The molecular weight excluding hydrogens is 448 g/mol. The van der Waals surface area contributed by atoms with Gasteiger partial charge in [0.2, 0.25) is 5.78 Å². The van der Waals surface area contributed by atoms with Crippen molar-refractivity contribution >= 4 is 22.7 Å². The van der Waals surface area contributed by atoms with E-state index in [4.69, 9.17) is 13.9 Å². The van der Waals surface area contributed by atoms with Gasteiger partial charge in [-0.25, -0.2) is 0 Å². The maximum absolute atomic E-state index is 13.7. The van der Waals surface area contributed by atoms with E-state index in [9.17, 15) is 14.7 Å². The molecule has 2 aliphatic rings. The molecule has 2 aromatic carbocycles. The minimum atomic E-state index is -0.788. The zero-order chi connectivity index (χ0) is 24.4. The van der Waals surface area contributed by atoms with Gasteiger partial charge in [-0.05, 0) is 24.6 Å². The average molecular weight is 477 g/mol. The van der Waals surface area contributed by atoms with Crippen LogP contribution in [0.4, 0.5) is 0 Å². The summed E-state index contributed by atoms with van der Waals surface area (Å²) in [5.74, 6) is -1.01. The lowest BCUT2D eigenvalue weighted by molar-refractivity contribution is -0.129. The first-order valence-electron chi connectivity index (χ1n) is 11.8. The molecule has 1 atom stereocenters. The van der Waals surface area contributed by atoms with Crippen LogP contribution in [0.2, 0.25) is 0 Å². The first-order valence-corrected chi connectivity index (χ1v) is 11.8.